The van der Waals surface area contributed by atoms with Crippen LogP contribution in [0, 0.1) is 0 Å². The molecule has 0 amide bonds. The maximum atomic E-state index is 4.38. The molecule has 3 aromatic heterocycles. The number of para-hydroxylation sites is 2. The van der Waals surface area contributed by atoms with Crippen molar-refractivity contribution >= 4 is 22.1 Å². The molecule has 0 unspecified atom stereocenters. The molecule has 0 saturated heterocycles. The minimum absolute atomic E-state index is 0.685. The van der Waals surface area contributed by atoms with Crippen LogP contribution in [0.25, 0.3) is 27.9 Å². The van der Waals surface area contributed by atoms with E-state index in [9.17, 15) is 0 Å². The molecule has 0 aliphatic heterocycles. The topological polar surface area (TPSA) is 56.5 Å². The summed E-state index contributed by atoms with van der Waals surface area (Å²) in [5.74, 6) is 0.798. The fourth-order valence-corrected chi connectivity index (χ4v) is 2.20. The summed E-state index contributed by atoms with van der Waals surface area (Å²) < 4.78 is 1.96. The summed E-state index contributed by atoms with van der Waals surface area (Å²) in [6.45, 7) is 0. The predicted octanol–water partition coefficient (Wildman–Crippen LogP) is 2.36. The highest BCUT2D eigenvalue weighted by Gasteiger charge is 2.09. The van der Waals surface area contributed by atoms with E-state index >= 15 is 0 Å². The van der Waals surface area contributed by atoms with Gasteiger partial charge in [-0.2, -0.15) is 0 Å². The molecule has 0 aliphatic rings. The second-order valence-corrected chi connectivity index (χ2v) is 4.18. The molecule has 0 saturated carbocycles. The predicted molar refractivity (Wildman–Crippen MR) is 72.0 cm³/mol. The van der Waals surface area contributed by atoms with Gasteiger partial charge in [0.25, 0.3) is 0 Å². The highest BCUT2D eigenvalue weighted by Crippen LogP contribution is 2.21. The Hall–Kier alpha value is -2.82. The van der Waals surface area contributed by atoms with E-state index < -0.39 is 0 Å². The van der Waals surface area contributed by atoms with Gasteiger partial charge in [-0.1, -0.05) is 12.1 Å². The first kappa shape index (κ1) is 10.1. The van der Waals surface area contributed by atoms with Crippen LogP contribution in [0.3, 0.4) is 0 Å². The molecule has 0 bridgehead atoms. The smallest absolute Gasteiger partial charge is 0.164 e. The van der Waals surface area contributed by atoms with Crippen molar-refractivity contribution in [2.75, 3.05) is 0 Å². The van der Waals surface area contributed by atoms with Gasteiger partial charge in [0.1, 0.15) is 12.7 Å². The van der Waals surface area contributed by atoms with E-state index in [4.69, 9.17) is 0 Å². The van der Waals surface area contributed by atoms with Gasteiger partial charge in [-0.3, -0.25) is 4.57 Å². The van der Waals surface area contributed by atoms with Crippen LogP contribution in [0.5, 0.6) is 0 Å². The molecule has 0 spiro atoms. The molecule has 19 heavy (non-hydrogen) atoms. The summed E-state index contributed by atoms with van der Waals surface area (Å²) in [7, 11) is 0. The lowest BCUT2D eigenvalue weighted by Gasteiger charge is -2.05. The average Bonchev–Trinajstić information content (AvgIpc) is 2.90. The van der Waals surface area contributed by atoms with Crippen LogP contribution in [0.1, 0.15) is 0 Å². The highest BCUT2D eigenvalue weighted by molar-refractivity contribution is 5.85. The van der Waals surface area contributed by atoms with Gasteiger partial charge >= 0.3 is 0 Å². The van der Waals surface area contributed by atoms with E-state index in [0.29, 0.717) is 5.65 Å². The number of hydrogen-bond acceptors (Lipinski definition) is 4. The van der Waals surface area contributed by atoms with E-state index in [2.05, 4.69) is 19.9 Å². The fraction of sp³-hybridized carbons (Fsp3) is 0. The molecule has 0 atom stereocenters. The van der Waals surface area contributed by atoms with Gasteiger partial charge in [-0.15, -0.1) is 0 Å². The van der Waals surface area contributed by atoms with Crippen molar-refractivity contribution in [2.24, 2.45) is 0 Å². The van der Waals surface area contributed by atoms with E-state index in [1.165, 1.54) is 6.33 Å². The minimum atomic E-state index is 0.685. The normalized spacial score (nSPS) is 11.2. The molecule has 90 valence electrons. The maximum Gasteiger partial charge on any atom is 0.164 e. The van der Waals surface area contributed by atoms with Gasteiger partial charge < -0.3 is 0 Å². The first-order valence-corrected chi connectivity index (χ1v) is 5.92. The summed E-state index contributed by atoms with van der Waals surface area (Å²) >= 11 is 0. The quantitative estimate of drug-likeness (QED) is 0.518. The zero-order chi connectivity index (χ0) is 12.7. The number of benzene rings is 1. The summed E-state index contributed by atoms with van der Waals surface area (Å²) in [4.78, 5) is 17.2. The van der Waals surface area contributed by atoms with E-state index in [0.717, 1.165) is 22.2 Å². The standard InChI is InChI=1S/C14H9N5/c1-2-6-12-11(5-1)18-9-19(12)14-10-4-3-7-15-13(10)16-8-17-14/h1-9H. The summed E-state index contributed by atoms with van der Waals surface area (Å²) in [6.07, 6.45) is 5.03. The molecular formula is C14H9N5. The van der Waals surface area contributed by atoms with E-state index in [-0.39, 0.29) is 0 Å². The number of fused-ring (bicyclic) bond motifs is 2. The van der Waals surface area contributed by atoms with Crippen LogP contribution < -0.4 is 0 Å². The van der Waals surface area contributed by atoms with Crippen LogP contribution in [-0.4, -0.2) is 24.5 Å². The van der Waals surface area contributed by atoms with Gasteiger partial charge in [0.15, 0.2) is 11.5 Å². The van der Waals surface area contributed by atoms with E-state index in [1.807, 2.05) is 41.0 Å². The molecule has 0 radical (unpaired) electrons. The fourth-order valence-electron chi connectivity index (χ4n) is 2.20. The van der Waals surface area contributed by atoms with Crippen molar-refractivity contribution in [2.45, 2.75) is 0 Å². The van der Waals surface area contributed by atoms with Gasteiger partial charge in [-0.05, 0) is 24.3 Å². The number of hydrogen-bond donors (Lipinski definition) is 0. The van der Waals surface area contributed by atoms with Crippen molar-refractivity contribution in [3.63, 3.8) is 0 Å². The maximum absolute atomic E-state index is 4.38. The number of imidazole rings is 1. The Morgan fingerprint density at radius 2 is 1.79 bits per heavy atom. The molecule has 4 rings (SSSR count). The second-order valence-electron chi connectivity index (χ2n) is 4.18. The van der Waals surface area contributed by atoms with Crippen molar-refractivity contribution in [1.82, 2.24) is 24.5 Å². The Morgan fingerprint density at radius 3 is 2.79 bits per heavy atom. The second kappa shape index (κ2) is 3.84. The number of nitrogens with zero attached hydrogens (tertiary/aromatic N) is 5. The summed E-state index contributed by atoms with van der Waals surface area (Å²) in [6, 6.07) is 11.8. The highest BCUT2D eigenvalue weighted by atomic mass is 15.1. The van der Waals surface area contributed by atoms with Crippen molar-refractivity contribution in [3.8, 4) is 5.82 Å². The number of pyridine rings is 1. The van der Waals surface area contributed by atoms with E-state index in [1.54, 1.807) is 12.5 Å². The van der Waals surface area contributed by atoms with Gasteiger partial charge in [0, 0.05) is 6.20 Å². The first-order chi connectivity index (χ1) is 9.43. The van der Waals surface area contributed by atoms with Crippen LogP contribution in [0.15, 0.2) is 55.2 Å². The van der Waals surface area contributed by atoms with Gasteiger partial charge in [0.05, 0.1) is 16.4 Å². The third kappa shape index (κ3) is 1.48. The zero-order valence-corrected chi connectivity index (χ0v) is 9.93. The Bertz CT molecular complexity index is 876. The van der Waals surface area contributed by atoms with Crippen LogP contribution in [0.4, 0.5) is 0 Å². The monoisotopic (exact) mass is 247 g/mol. The molecule has 0 aliphatic carbocycles. The molecule has 1 aromatic carbocycles. The van der Waals surface area contributed by atoms with Gasteiger partial charge in [0.2, 0.25) is 0 Å². The third-order valence-corrected chi connectivity index (χ3v) is 3.07. The molecular weight excluding hydrogens is 238 g/mol. The van der Waals surface area contributed by atoms with Crippen LogP contribution in [-0.2, 0) is 0 Å². The lowest BCUT2D eigenvalue weighted by molar-refractivity contribution is 1.01. The Labute approximate surface area is 108 Å². The molecule has 3 heterocycles. The first-order valence-electron chi connectivity index (χ1n) is 5.92. The van der Waals surface area contributed by atoms with Crippen molar-refractivity contribution < 1.29 is 0 Å². The van der Waals surface area contributed by atoms with Gasteiger partial charge in [-0.25, -0.2) is 19.9 Å². The van der Waals surface area contributed by atoms with Crippen LogP contribution in [0.2, 0.25) is 0 Å². The molecule has 0 N–H and O–H groups in total. The largest absolute Gasteiger partial charge is 0.282 e. The Balaban J connectivity index is 2.10. The zero-order valence-electron chi connectivity index (χ0n) is 9.93. The SMILES string of the molecule is c1ccc2c(c1)ncn2-c1ncnc2ncccc12. The molecule has 5 heteroatoms. The number of rotatable bonds is 1. The Kier molecular flexibility index (Phi) is 2.05. The lowest BCUT2D eigenvalue weighted by Crippen LogP contribution is -1.98. The van der Waals surface area contributed by atoms with Crippen molar-refractivity contribution in [1.29, 1.82) is 0 Å². The molecule has 5 nitrogen and oxygen atoms in total. The van der Waals surface area contributed by atoms with Crippen molar-refractivity contribution in [3.05, 3.63) is 55.2 Å². The third-order valence-electron chi connectivity index (χ3n) is 3.07. The van der Waals surface area contributed by atoms with Crippen LogP contribution >= 0.6 is 0 Å². The minimum Gasteiger partial charge on any atom is -0.282 e. The number of aromatic nitrogens is 5. The average molecular weight is 247 g/mol. The lowest BCUT2D eigenvalue weighted by atomic mass is 10.3. The summed E-state index contributed by atoms with van der Waals surface area (Å²) in [5, 5.41) is 0.910. The summed E-state index contributed by atoms with van der Waals surface area (Å²) in [5.41, 5.74) is 2.65. The Morgan fingerprint density at radius 1 is 0.842 bits per heavy atom. The molecule has 0 fully saturated rings. The molecule has 4 aromatic rings.